The lowest BCUT2D eigenvalue weighted by Crippen LogP contribution is -2.45. The minimum atomic E-state index is -1.18. The van der Waals surface area contributed by atoms with Gasteiger partial charge in [-0.3, -0.25) is 14.4 Å². The number of hydrogen-bond donors (Lipinski definition) is 2. The number of nitrogens with zero attached hydrogens (tertiary/aromatic N) is 2. The van der Waals surface area contributed by atoms with Crippen LogP contribution >= 0.6 is 0 Å². The molecule has 0 spiro atoms. The summed E-state index contributed by atoms with van der Waals surface area (Å²) in [5, 5.41) is 8.52. The van der Waals surface area contributed by atoms with Crippen molar-refractivity contribution in [3.8, 4) is 0 Å². The Bertz CT molecular complexity index is 249. The first-order chi connectivity index (χ1) is 6.82. The molecule has 3 N–H and O–H groups in total. The number of carbonyl (C=O) groups is 3. The predicted octanol–water partition coefficient (Wildman–Crippen LogP) is -2.05. The van der Waals surface area contributed by atoms with E-state index in [0.29, 0.717) is 0 Å². The molecule has 0 aromatic rings. The molecule has 7 heteroatoms. The number of aliphatic carboxylic acids is 1. The third kappa shape index (κ3) is 6.44. The first-order valence-corrected chi connectivity index (χ1v) is 4.25. The van der Waals surface area contributed by atoms with Crippen molar-refractivity contribution in [3.05, 3.63) is 0 Å². The van der Waals surface area contributed by atoms with Gasteiger partial charge in [0, 0.05) is 0 Å². The Kier molecular flexibility index (Phi) is 5.32. The van der Waals surface area contributed by atoms with Crippen molar-refractivity contribution in [2.45, 2.75) is 0 Å². The zero-order valence-corrected chi connectivity index (χ0v) is 8.77. The van der Waals surface area contributed by atoms with E-state index in [1.165, 1.54) is 0 Å². The fourth-order valence-electron chi connectivity index (χ4n) is 0.954. The zero-order chi connectivity index (χ0) is 12.0. The fraction of sp³-hybridized carbons (Fsp3) is 0.625. The molecule has 0 aromatic heterocycles. The molecule has 0 aliphatic carbocycles. The van der Waals surface area contributed by atoms with Crippen molar-refractivity contribution in [2.24, 2.45) is 5.73 Å². The van der Waals surface area contributed by atoms with Crippen LogP contribution in [-0.2, 0) is 14.4 Å². The van der Waals surface area contributed by atoms with Crippen molar-refractivity contribution in [3.63, 3.8) is 0 Å². The Morgan fingerprint density at radius 3 is 2.00 bits per heavy atom. The predicted molar refractivity (Wildman–Crippen MR) is 52.0 cm³/mol. The molecule has 0 bridgehead atoms. The summed E-state index contributed by atoms with van der Waals surface area (Å²) in [6.45, 7) is -0.852. The Hall–Kier alpha value is -1.63. The number of carboxylic acid groups (broad SMARTS) is 1. The molecule has 0 saturated heterocycles. The van der Waals surface area contributed by atoms with Gasteiger partial charge in [-0.25, -0.2) is 0 Å². The lowest BCUT2D eigenvalue weighted by molar-refractivity contribution is -0.145. The standard InChI is InChI=1S/C8H15N3O4/c1-10(2)4-7(13)11(3-6(9)12)5-8(14)15/h3-5H2,1-2H3,(H2,9,12)(H,14,15). The monoisotopic (exact) mass is 217 g/mol. The van der Waals surface area contributed by atoms with Crippen LogP contribution in [0.5, 0.6) is 0 Å². The van der Waals surface area contributed by atoms with Crippen molar-refractivity contribution >= 4 is 17.8 Å². The van der Waals surface area contributed by atoms with Crippen molar-refractivity contribution in [1.82, 2.24) is 9.80 Å². The summed E-state index contributed by atoms with van der Waals surface area (Å²) in [5.41, 5.74) is 4.90. The van der Waals surface area contributed by atoms with E-state index >= 15 is 0 Å². The quantitative estimate of drug-likeness (QED) is 0.532. The van der Waals surface area contributed by atoms with Crippen LogP contribution in [0, 0.1) is 0 Å². The Labute approximate surface area is 87.4 Å². The van der Waals surface area contributed by atoms with Crippen molar-refractivity contribution in [2.75, 3.05) is 33.7 Å². The molecule has 2 amide bonds. The lowest BCUT2D eigenvalue weighted by atomic mass is 10.4. The van der Waals surface area contributed by atoms with Gasteiger partial charge in [0.2, 0.25) is 11.8 Å². The average Bonchev–Trinajstić information content (AvgIpc) is 1.99. The topological polar surface area (TPSA) is 104 Å². The zero-order valence-electron chi connectivity index (χ0n) is 8.77. The highest BCUT2D eigenvalue weighted by atomic mass is 16.4. The Balaban J connectivity index is 4.40. The molecule has 0 heterocycles. The molecular weight excluding hydrogens is 202 g/mol. The van der Waals surface area contributed by atoms with E-state index in [-0.39, 0.29) is 13.1 Å². The molecule has 0 aliphatic heterocycles. The van der Waals surface area contributed by atoms with Gasteiger partial charge >= 0.3 is 5.97 Å². The SMILES string of the molecule is CN(C)CC(=O)N(CC(N)=O)CC(=O)O. The molecule has 15 heavy (non-hydrogen) atoms. The summed E-state index contributed by atoms with van der Waals surface area (Å²) in [6, 6.07) is 0. The van der Waals surface area contributed by atoms with E-state index in [1.807, 2.05) is 0 Å². The second-order valence-electron chi connectivity index (χ2n) is 3.35. The van der Waals surface area contributed by atoms with E-state index in [0.717, 1.165) is 4.90 Å². The molecule has 0 rings (SSSR count). The smallest absolute Gasteiger partial charge is 0.323 e. The van der Waals surface area contributed by atoms with E-state index in [4.69, 9.17) is 10.8 Å². The van der Waals surface area contributed by atoms with E-state index in [2.05, 4.69) is 0 Å². The second kappa shape index (κ2) is 5.97. The fourth-order valence-corrected chi connectivity index (χ4v) is 0.954. The van der Waals surface area contributed by atoms with Crippen LogP contribution in [0.3, 0.4) is 0 Å². The van der Waals surface area contributed by atoms with E-state index < -0.39 is 24.3 Å². The van der Waals surface area contributed by atoms with Crippen LogP contribution in [-0.4, -0.2) is 66.4 Å². The summed E-state index contributed by atoms with van der Waals surface area (Å²) >= 11 is 0. The summed E-state index contributed by atoms with van der Waals surface area (Å²) in [5.74, 6) is -2.35. The van der Waals surface area contributed by atoms with Crippen LogP contribution in [0.25, 0.3) is 0 Å². The number of hydrogen-bond acceptors (Lipinski definition) is 4. The third-order valence-electron chi connectivity index (χ3n) is 1.48. The molecule has 0 aliphatic rings. The van der Waals surface area contributed by atoms with Crippen LogP contribution in [0.4, 0.5) is 0 Å². The minimum Gasteiger partial charge on any atom is -0.480 e. The van der Waals surface area contributed by atoms with Crippen molar-refractivity contribution in [1.29, 1.82) is 0 Å². The van der Waals surface area contributed by atoms with Crippen LogP contribution in [0.2, 0.25) is 0 Å². The van der Waals surface area contributed by atoms with Gasteiger partial charge in [-0.05, 0) is 14.1 Å². The van der Waals surface area contributed by atoms with E-state index in [9.17, 15) is 14.4 Å². The highest BCUT2D eigenvalue weighted by Crippen LogP contribution is 1.91. The largest absolute Gasteiger partial charge is 0.480 e. The minimum absolute atomic E-state index is 0.0422. The molecule has 7 nitrogen and oxygen atoms in total. The highest BCUT2D eigenvalue weighted by molar-refractivity contribution is 5.87. The number of rotatable bonds is 6. The van der Waals surface area contributed by atoms with Crippen LogP contribution < -0.4 is 5.73 Å². The van der Waals surface area contributed by atoms with Gasteiger partial charge < -0.3 is 20.6 Å². The molecular formula is C8H15N3O4. The molecule has 0 unspecified atom stereocenters. The Morgan fingerprint density at radius 2 is 1.67 bits per heavy atom. The molecule has 0 fully saturated rings. The number of carboxylic acids is 1. The average molecular weight is 217 g/mol. The molecule has 0 saturated carbocycles. The van der Waals surface area contributed by atoms with Gasteiger partial charge in [0.25, 0.3) is 0 Å². The molecule has 0 radical (unpaired) electrons. The first-order valence-electron chi connectivity index (χ1n) is 4.25. The van der Waals surface area contributed by atoms with Crippen LogP contribution in [0.1, 0.15) is 0 Å². The van der Waals surface area contributed by atoms with Gasteiger partial charge in [0.15, 0.2) is 0 Å². The van der Waals surface area contributed by atoms with E-state index in [1.54, 1.807) is 19.0 Å². The molecule has 86 valence electrons. The number of nitrogens with two attached hydrogens (primary N) is 1. The van der Waals surface area contributed by atoms with Gasteiger partial charge in [-0.2, -0.15) is 0 Å². The van der Waals surface area contributed by atoms with Crippen LogP contribution in [0.15, 0.2) is 0 Å². The van der Waals surface area contributed by atoms with Crippen molar-refractivity contribution < 1.29 is 19.5 Å². The Morgan fingerprint density at radius 1 is 1.13 bits per heavy atom. The lowest BCUT2D eigenvalue weighted by Gasteiger charge is -2.20. The third-order valence-corrected chi connectivity index (χ3v) is 1.48. The summed E-state index contributed by atoms with van der Waals surface area (Å²) in [7, 11) is 3.34. The first kappa shape index (κ1) is 13.4. The maximum absolute atomic E-state index is 11.4. The molecule has 0 atom stereocenters. The summed E-state index contributed by atoms with van der Waals surface area (Å²) < 4.78 is 0. The number of amides is 2. The van der Waals surface area contributed by atoms with Gasteiger partial charge in [0.05, 0.1) is 13.1 Å². The number of primary amides is 1. The maximum Gasteiger partial charge on any atom is 0.323 e. The van der Waals surface area contributed by atoms with Gasteiger partial charge in [-0.1, -0.05) is 0 Å². The summed E-state index contributed by atoms with van der Waals surface area (Å²) in [6.07, 6.45) is 0. The number of likely N-dealkylation sites (N-methyl/N-ethyl adjacent to an activating group) is 1. The number of carbonyl (C=O) groups excluding carboxylic acids is 2. The van der Waals surface area contributed by atoms with Gasteiger partial charge in [0.1, 0.15) is 6.54 Å². The molecule has 0 aromatic carbocycles. The highest BCUT2D eigenvalue weighted by Gasteiger charge is 2.18. The van der Waals surface area contributed by atoms with Gasteiger partial charge in [-0.15, -0.1) is 0 Å². The normalized spacial score (nSPS) is 10.1. The maximum atomic E-state index is 11.4. The summed E-state index contributed by atoms with van der Waals surface area (Å²) in [4.78, 5) is 35.0. The second-order valence-corrected chi connectivity index (χ2v) is 3.35.